The number of carboxylic acids is 1. The molecule has 0 spiro atoms. The molecule has 2 amide bonds. The first-order valence-corrected chi connectivity index (χ1v) is 11.3. The topological polar surface area (TPSA) is 152 Å². The van der Waals surface area contributed by atoms with Crippen LogP contribution in [-0.2, 0) is 14.4 Å². The lowest BCUT2D eigenvalue weighted by Crippen LogP contribution is -2.71. The Morgan fingerprint density at radius 3 is 2.77 bits per heavy atom. The van der Waals surface area contributed by atoms with Crippen LogP contribution >= 0.6 is 23.5 Å². The van der Waals surface area contributed by atoms with E-state index in [2.05, 4.69) is 15.5 Å². The zero-order valence-corrected chi connectivity index (χ0v) is 18.0. The van der Waals surface area contributed by atoms with E-state index >= 15 is 0 Å². The molecule has 0 aliphatic carbocycles. The number of nitrogens with zero attached hydrogens (tertiary/aromatic N) is 3. The molecule has 1 fully saturated rings. The molecule has 1 aromatic carbocycles. The molecule has 1 unspecified atom stereocenters. The van der Waals surface area contributed by atoms with Gasteiger partial charge in [0.15, 0.2) is 0 Å². The lowest BCUT2D eigenvalue weighted by Gasteiger charge is -2.49. The van der Waals surface area contributed by atoms with E-state index in [1.807, 2.05) is 6.07 Å². The van der Waals surface area contributed by atoms with Crippen molar-refractivity contribution in [3.05, 3.63) is 53.1 Å². The molecule has 0 radical (unpaired) electrons. The van der Waals surface area contributed by atoms with Crippen LogP contribution in [0.3, 0.4) is 0 Å². The van der Waals surface area contributed by atoms with E-state index in [9.17, 15) is 19.5 Å². The summed E-state index contributed by atoms with van der Waals surface area (Å²) < 4.78 is 5.30. The minimum Gasteiger partial charge on any atom is -0.477 e. The van der Waals surface area contributed by atoms with Crippen molar-refractivity contribution in [2.45, 2.75) is 29.6 Å². The SMILES string of the molecule is Cc1nnc(SCC2=C(C(=O)O)N3C(=O)C(NC(=O)[C@H](N)c4ccccc4)[C@H]3SC2)o1. The number of carboxylic acid groups (broad SMARTS) is 1. The van der Waals surface area contributed by atoms with Crippen molar-refractivity contribution in [1.82, 2.24) is 20.4 Å². The smallest absolute Gasteiger partial charge is 0.352 e. The fourth-order valence-electron chi connectivity index (χ4n) is 3.33. The molecule has 2 aliphatic heterocycles. The highest BCUT2D eigenvalue weighted by Crippen LogP contribution is 2.41. The third kappa shape index (κ3) is 4.18. The van der Waals surface area contributed by atoms with Gasteiger partial charge in [-0.1, -0.05) is 42.1 Å². The summed E-state index contributed by atoms with van der Waals surface area (Å²) in [4.78, 5) is 38.4. The number of nitrogens with two attached hydrogens (primary N) is 1. The number of carbonyl (C=O) groups is 3. The van der Waals surface area contributed by atoms with Gasteiger partial charge in [0.2, 0.25) is 11.8 Å². The van der Waals surface area contributed by atoms with Crippen molar-refractivity contribution in [2.75, 3.05) is 11.5 Å². The number of thioether (sulfide) groups is 2. The molecule has 3 heterocycles. The van der Waals surface area contributed by atoms with Crippen molar-refractivity contribution in [3.8, 4) is 0 Å². The molecular weight excluding hydrogens is 442 g/mol. The molecule has 4 rings (SSSR count). The number of aryl methyl sites for hydroxylation is 1. The fourth-order valence-corrected chi connectivity index (χ4v) is 5.62. The number of hydrogen-bond donors (Lipinski definition) is 3. The first-order chi connectivity index (χ1) is 14.9. The monoisotopic (exact) mass is 461 g/mol. The predicted molar refractivity (Wildman–Crippen MR) is 113 cm³/mol. The van der Waals surface area contributed by atoms with E-state index in [4.69, 9.17) is 10.2 Å². The molecule has 162 valence electrons. The first-order valence-electron chi connectivity index (χ1n) is 9.30. The van der Waals surface area contributed by atoms with Gasteiger partial charge in [-0.15, -0.1) is 22.0 Å². The normalized spacial score (nSPS) is 21.4. The molecular formula is C19H19N5O5S2. The van der Waals surface area contributed by atoms with E-state index in [-0.39, 0.29) is 5.70 Å². The van der Waals surface area contributed by atoms with Crippen LogP contribution in [0.15, 0.2) is 51.2 Å². The maximum atomic E-state index is 12.7. The van der Waals surface area contributed by atoms with Gasteiger partial charge in [-0.05, 0) is 11.1 Å². The second-order valence-electron chi connectivity index (χ2n) is 6.92. The molecule has 3 atom stereocenters. The van der Waals surface area contributed by atoms with E-state index < -0.39 is 35.2 Å². The molecule has 0 bridgehead atoms. The number of benzene rings is 1. The number of rotatable bonds is 7. The van der Waals surface area contributed by atoms with Gasteiger partial charge in [0.05, 0.1) is 0 Å². The number of aromatic nitrogens is 2. The number of hydrogen-bond acceptors (Lipinski definition) is 9. The summed E-state index contributed by atoms with van der Waals surface area (Å²) in [5.41, 5.74) is 7.15. The molecule has 1 saturated heterocycles. The summed E-state index contributed by atoms with van der Waals surface area (Å²) in [6.07, 6.45) is 0. The number of fused-ring (bicyclic) bond motifs is 1. The second-order valence-corrected chi connectivity index (χ2v) is 8.95. The summed E-state index contributed by atoms with van der Waals surface area (Å²) in [6, 6.07) is 7.08. The standard InChI is InChI=1S/C19H19N5O5S2/c1-9-22-23-19(29-9)31-8-11-7-30-17-13(16(26)24(17)14(11)18(27)28)21-15(25)12(20)10-5-3-2-4-6-10/h2-6,12-13,17H,7-8,20H2,1H3,(H,21,25)(H,27,28)/t12-,13?,17-/m1/s1. The van der Waals surface area contributed by atoms with Crippen LogP contribution in [0.25, 0.3) is 0 Å². The highest BCUT2D eigenvalue weighted by Gasteiger charge is 2.54. The third-order valence-electron chi connectivity index (χ3n) is 4.87. The lowest BCUT2D eigenvalue weighted by atomic mass is 10.0. The Kier molecular flexibility index (Phi) is 6.03. The highest BCUT2D eigenvalue weighted by atomic mass is 32.2. The van der Waals surface area contributed by atoms with Gasteiger partial charge in [0.1, 0.15) is 23.2 Å². The molecule has 1 aromatic heterocycles. The van der Waals surface area contributed by atoms with E-state index in [0.29, 0.717) is 33.8 Å². The van der Waals surface area contributed by atoms with Gasteiger partial charge in [0.25, 0.3) is 11.1 Å². The van der Waals surface area contributed by atoms with Crippen molar-refractivity contribution in [2.24, 2.45) is 5.73 Å². The molecule has 31 heavy (non-hydrogen) atoms. The van der Waals surface area contributed by atoms with E-state index in [0.717, 1.165) is 0 Å². The van der Waals surface area contributed by atoms with Gasteiger partial charge >= 0.3 is 5.97 Å². The number of aliphatic carboxylic acids is 1. The molecule has 4 N–H and O–H groups in total. The number of nitrogens with one attached hydrogen (secondary N) is 1. The fraction of sp³-hybridized carbons (Fsp3) is 0.316. The van der Waals surface area contributed by atoms with Crippen LogP contribution in [-0.4, -0.2) is 60.9 Å². The maximum absolute atomic E-state index is 12.7. The zero-order chi connectivity index (χ0) is 22.1. The quantitative estimate of drug-likeness (QED) is 0.401. The number of carbonyl (C=O) groups excluding carboxylic acids is 2. The summed E-state index contributed by atoms with van der Waals surface area (Å²) in [7, 11) is 0. The summed E-state index contributed by atoms with van der Waals surface area (Å²) in [6.45, 7) is 1.66. The Morgan fingerprint density at radius 2 is 2.13 bits per heavy atom. The van der Waals surface area contributed by atoms with Crippen LogP contribution in [0.4, 0.5) is 0 Å². The third-order valence-corrected chi connectivity index (χ3v) is 7.11. The van der Waals surface area contributed by atoms with Crippen molar-refractivity contribution in [1.29, 1.82) is 0 Å². The molecule has 0 saturated carbocycles. The average molecular weight is 462 g/mol. The van der Waals surface area contributed by atoms with E-state index in [1.54, 1.807) is 31.2 Å². The van der Waals surface area contributed by atoms with Crippen LogP contribution in [0, 0.1) is 6.92 Å². The minimum absolute atomic E-state index is 0.0599. The number of amides is 2. The Labute approximate surface area is 185 Å². The number of β-lactam (4-membered cyclic amide) rings is 1. The first kappa shape index (κ1) is 21.4. The van der Waals surface area contributed by atoms with E-state index in [1.165, 1.54) is 28.4 Å². The molecule has 2 aliphatic rings. The summed E-state index contributed by atoms with van der Waals surface area (Å²) in [5, 5.41) is 19.8. The Bertz CT molecular complexity index is 1060. The second kappa shape index (κ2) is 8.73. The van der Waals surface area contributed by atoms with Crippen molar-refractivity contribution >= 4 is 41.3 Å². The van der Waals surface area contributed by atoms with Crippen LogP contribution < -0.4 is 11.1 Å². The zero-order valence-electron chi connectivity index (χ0n) is 16.3. The highest BCUT2D eigenvalue weighted by molar-refractivity contribution is 8.01. The lowest BCUT2D eigenvalue weighted by molar-refractivity contribution is -0.150. The van der Waals surface area contributed by atoms with Gasteiger partial charge in [0, 0.05) is 18.4 Å². The van der Waals surface area contributed by atoms with Crippen LogP contribution in [0.2, 0.25) is 0 Å². The van der Waals surface area contributed by atoms with Gasteiger partial charge < -0.3 is 20.6 Å². The average Bonchev–Trinajstić information content (AvgIpc) is 3.20. The Balaban J connectivity index is 1.45. The molecule has 12 heteroatoms. The Hall–Kier alpha value is -2.83. The van der Waals surface area contributed by atoms with Crippen molar-refractivity contribution in [3.63, 3.8) is 0 Å². The molecule has 10 nitrogen and oxygen atoms in total. The van der Waals surface area contributed by atoms with Gasteiger partial charge in [-0.3, -0.25) is 14.5 Å². The summed E-state index contributed by atoms with van der Waals surface area (Å²) in [5.74, 6) is -1.05. The Morgan fingerprint density at radius 1 is 1.39 bits per heavy atom. The van der Waals surface area contributed by atoms with Gasteiger partial charge in [-0.25, -0.2) is 4.79 Å². The van der Waals surface area contributed by atoms with Gasteiger partial charge in [-0.2, -0.15) is 0 Å². The molecule has 2 aromatic rings. The van der Waals surface area contributed by atoms with Crippen LogP contribution in [0.1, 0.15) is 17.5 Å². The summed E-state index contributed by atoms with van der Waals surface area (Å²) >= 11 is 2.60. The maximum Gasteiger partial charge on any atom is 0.352 e. The van der Waals surface area contributed by atoms with Crippen LogP contribution in [0.5, 0.6) is 0 Å². The van der Waals surface area contributed by atoms with Crippen molar-refractivity contribution < 1.29 is 23.9 Å². The predicted octanol–water partition coefficient (Wildman–Crippen LogP) is 0.909. The largest absolute Gasteiger partial charge is 0.477 e. The minimum atomic E-state index is -1.19.